The lowest BCUT2D eigenvalue weighted by atomic mass is 9.94. The van der Waals surface area contributed by atoms with E-state index in [0.29, 0.717) is 6.61 Å². The summed E-state index contributed by atoms with van der Waals surface area (Å²) in [5.41, 5.74) is 2.25. The minimum Gasteiger partial charge on any atom is -0.492 e. The molecule has 1 heterocycles. The Kier molecular flexibility index (Phi) is 4.14. The summed E-state index contributed by atoms with van der Waals surface area (Å²) in [6, 6.07) is 22.4. The van der Waals surface area contributed by atoms with Crippen molar-refractivity contribution in [2.45, 2.75) is 19.4 Å². The number of hydrogen-bond acceptors (Lipinski definition) is 2. The number of nitrogens with one attached hydrogen (secondary N) is 1. The molecule has 3 aromatic rings. The van der Waals surface area contributed by atoms with Crippen molar-refractivity contribution in [2.24, 2.45) is 5.92 Å². The Bertz CT molecular complexity index is 913. The predicted octanol–water partition coefficient (Wildman–Crippen LogP) is 4.27. The van der Waals surface area contributed by atoms with E-state index in [-0.39, 0.29) is 17.9 Å². The zero-order valence-corrected chi connectivity index (χ0v) is 14.2. The third kappa shape index (κ3) is 3.10. The van der Waals surface area contributed by atoms with Crippen LogP contribution in [0.25, 0.3) is 10.8 Å². The van der Waals surface area contributed by atoms with Gasteiger partial charge in [-0.05, 0) is 41.3 Å². The summed E-state index contributed by atoms with van der Waals surface area (Å²) in [7, 11) is 0. The van der Waals surface area contributed by atoms with Crippen molar-refractivity contribution in [3.63, 3.8) is 0 Å². The van der Waals surface area contributed by atoms with E-state index in [9.17, 15) is 4.79 Å². The monoisotopic (exact) mass is 331 g/mol. The first-order chi connectivity index (χ1) is 12.2. The van der Waals surface area contributed by atoms with Gasteiger partial charge >= 0.3 is 0 Å². The molecule has 2 atom stereocenters. The zero-order valence-electron chi connectivity index (χ0n) is 14.2. The van der Waals surface area contributed by atoms with Gasteiger partial charge in [-0.3, -0.25) is 4.79 Å². The highest BCUT2D eigenvalue weighted by Gasteiger charge is 2.27. The summed E-state index contributed by atoms with van der Waals surface area (Å²) in [5.74, 6) is 0.802. The normalized spacial score (nSPS) is 17.4. The molecule has 0 saturated carbocycles. The topological polar surface area (TPSA) is 38.3 Å². The van der Waals surface area contributed by atoms with Crippen LogP contribution in [0.5, 0.6) is 5.75 Å². The fourth-order valence-corrected chi connectivity index (χ4v) is 3.53. The number of rotatable bonds is 3. The Morgan fingerprint density at radius 2 is 1.80 bits per heavy atom. The third-order valence-electron chi connectivity index (χ3n) is 4.90. The Hall–Kier alpha value is -2.81. The van der Waals surface area contributed by atoms with Crippen molar-refractivity contribution in [1.82, 2.24) is 5.32 Å². The van der Waals surface area contributed by atoms with Crippen molar-refractivity contribution >= 4 is 16.7 Å². The summed E-state index contributed by atoms with van der Waals surface area (Å²) in [6.07, 6.45) is 0.726. The molecule has 0 bridgehead atoms. The van der Waals surface area contributed by atoms with Gasteiger partial charge in [-0.2, -0.15) is 0 Å². The molecule has 1 N–H and O–H groups in total. The van der Waals surface area contributed by atoms with Gasteiger partial charge in [-0.15, -0.1) is 0 Å². The maximum atomic E-state index is 12.7. The van der Waals surface area contributed by atoms with Gasteiger partial charge in [0.15, 0.2) is 0 Å². The Labute approximate surface area is 147 Å². The second kappa shape index (κ2) is 6.60. The molecule has 0 fully saturated rings. The average molecular weight is 331 g/mol. The Balaban J connectivity index is 1.51. The van der Waals surface area contributed by atoms with E-state index < -0.39 is 0 Å². The van der Waals surface area contributed by atoms with E-state index in [1.807, 2.05) is 49.4 Å². The molecule has 1 aliphatic rings. The van der Waals surface area contributed by atoms with Gasteiger partial charge in [0.25, 0.3) is 0 Å². The number of amides is 1. The smallest absolute Gasteiger partial charge is 0.227 e. The maximum Gasteiger partial charge on any atom is 0.227 e. The molecule has 126 valence electrons. The van der Waals surface area contributed by atoms with Gasteiger partial charge in [-0.1, -0.05) is 60.7 Å². The molecule has 0 saturated heterocycles. The SMILES string of the molecule is CC(NC(=O)C1COc2ccccc2C1)c1cccc2ccccc12. The van der Waals surface area contributed by atoms with Crippen LogP contribution in [0.3, 0.4) is 0 Å². The molecule has 3 heteroatoms. The standard InChI is InChI=1S/C22H21NO2/c1-15(19-11-6-9-16-7-2-4-10-20(16)19)23-22(24)18-13-17-8-3-5-12-21(17)25-14-18/h2-12,15,18H,13-14H2,1H3,(H,23,24). The van der Waals surface area contributed by atoms with Gasteiger partial charge < -0.3 is 10.1 Å². The summed E-state index contributed by atoms with van der Waals surface area (Å²) in [6.45, 7) is 2.47. The first-order valence-corrected chi connectivity index (χ1v) is 8.71. The highest BCUT2D eigenvalue weighted by molar-refractivity contribution is 5.87. The van der Waals surface area contributed by atoms with Crippen LogP contribution in [0.1, 0.15) is 24.1 Å². The van der Waals surface area contributed by atoms with E-state index in [0.717, 1.165) is 23.3 Å². The van der Waals surface area contributed by atoms with Crippen LogP contribution in [0, 0.1) is 5.92 Å². The summed E-state index contributed by atoms with van der Waals surface area (Å²) >= 11 is 0. The van der Waals surface area contributed by atoms with Crippen LogP contribution in [-0.4, -0.2) is 12.5 Å². The quantitative estimate of drug-likeness (QED) is 0.778. The number of ether oxygens (including phenoxy) is 1. The van der Waals surface area contributed by atoms with E-state index >= 15 is 0 Å². The molecule has 2 unspecified atom stereocenters. The molecule has 25 heavy (non-hydrogen) atoms. The first-order valence-electron chi connectivity index (χ1n) is 8.71. The largest absolute Gasteiger partial charge is 0.492 e. The lowest BCUT2D eigenvalue weighted by Gasteiger charge is -2.26. The highest BCUT2D eigenvalue weighted by atomic mass is 16.5. The Morgan fingerprint density at radius 3 is 2.72 bits per heavy atom. The second-order valence-electron chi connectivity index (χ2n) is 6.62. The number of carbonyl (C=O) groups is 1. The predicted molar refractivity (Wildman–Crippen MR) is 99.6 cm³/mol. The molecule has 0 spiro atoms. The van der Waals surface area contributed by atoms with Crippen LogP contribution in [-0.2, 0) is 11.2 Å². The lowest BCUT2D eigenvalue weighted by Crippen LogP contribution is -2.38. The van der Waals surface area contributed by atoms with Crippen molar-refractivity contribution in [3.8, 4) is 5.75 Å². The van der Waals surface area contributed by atoms with Gasteiger partial charge in [-0.25, -0.2) is 0 Å². The molecule has 0 aliphatic carbocycles. The molecule has 0 aromatic heterocycles. The van der Waals surface area contributed by atoms with Crippen LogP contribution >= 0.6 is 0 Å². The van der Waals surface area contributed by atoms with E-state index in [1.54, 1.807) is 0 Å². The summed E-state index contributed by atoms with van der Waals surface area (Å²) in [4.78, 5) is 12.7. The molecule has 3 aromatic carbocycles. The van der Waals surface area contributed by atoms with Crippen molar-refractivity contribution in [1.29, 1.82) is 0 Å². The van der Waals surface area contributed by atoms with Gasteiger partial charge in [0.2, 0.25) is 5.91 Å². The van der Waals surface area contributed by atoms with Gasteiger partial charge in [0, 0.05) is 0 Å². The number of fused-ring (bicyclic) bond motifs is 2. The average Bonchev–Trinajstić information content (AvgIpc) is 2.67. The van der Waals surface area contributed by atoms with Crippen molar-refractivity contribution in [2.75, 3.05) is 6.61 Å². The fourth-order valence-electron chi connectivity index (χ4n) is 3.53. The lowest BCUT2D eigenvalue weighted by molar-refractivity contribution is -0.126. The number of hydrogen-bond donors (Lipinski definition) is 1. The van der Waals surface area contributed by atoms with Crippen LogP contribution in [0.15, 0.2) is 66.7 Å². The van der Waals surface area contributed by atoms with Crippen LogP contribution in [0.2, 0.25) is 0 Å². The fraction of sp³-hybridized carbons (Fsp3) is 0.227. The molecule has 1 aliphatic heterocycles. The van der Waals surface area contributed by atoms with Gasteiger partial charge in [0.1, 0.15) is 12.4 Å². The van der Waals surface area contributed by atoms with Gasteiger partial charge in [0.05, 0.1) is 12.0 Å². The maximum absolute atomic E-state index is 12.7. The zero-order chi connectivity index (χ0) is 17.2. The number of para-hydroxylation sites is 1. The molecule has 3 nitrogen and oxygen atoms in total. The van der Waals surface area contributed by atoms with E-state index in [1.165, 1.54) is 10.8 Å². The molecule has 0 radical (unpaired) electrons. The molecule has 1 amide bonds. The minimum atomic E-state index is -0.146. The van der Waals surface area contributed by atoms with Crippen LogP contribution in [0.4, 0.5) is 0 Å². The molecular weight excluding hydrogens is 310 g/mol. The van der Waals surface area contributed by atoms with E-state index in [4.69, 9.17) is 4.74 Å². The Morgan fingerprint density at radius 1 is 1.04 bits per heavy atom. The van der Waals surface area contributed by atoms with Crippen LogP contribution < -0.4 is 10.1 Å². The minimum absolute atomic E-state index is 0.0456. The first kappa shape index (κ1) is 15.7. The highest BCUT2D eigenvalue weighted by Crippen LogP contribution is 2.28. The number of benzene rings is 3. The summed E-state index contributed by atoms with van der Waals surface area (Å²) < 4.78 is 5.75. The molecule has 4 rings (SSSR count). The second-order valence-corrected chi connectivity index (χ2v) is 6.62. The van der Waals surface area contributed by atoms with E-state index in [2.05, 4.69) is 29.6 Å². The summed E-state index contributed by atoms with van der Waals surface area (Å²) in [5, 5.41) is 5.54. The van der Waals surface area contributed by atoms with Crippen molar-refractivity contribution < 1.29 is 9.53 Å². The molecular formula is C22H21NO2. The van der Waals surface area contributed by atoms with Crippen molar-refractivity contribution in [3.05, 3.63) is 77.9 Å². The number of carbonyl (C=O) groups excluding carboxylic acids is 1. The third-order valence-corrected chi connectivity index (χ3v) is 4.90.